The van der Waals surface area contributed by atoms with Crippen LogP contribution in [-0.2, 0) is 0 Å². The summed E-state index contributed by atoms with van der Waals surface area (Å²) in [7, 11) is 0. The van der Waals surface area contributed by atoms with Gasteiger partial charge in [0, 0.05) is 21.5 Å². The number of hydrogen-bond acceptors (Lipinski definition) is 2. The lowest BCUT2D eigenvalue weighted by molar-refractivity contribution is 0.663. The summed E-state index contributed by atoms with van der Waals surface area (Å²) >= 11 is 0. The molecule has 0 spiro atoms. The van der Waals surface area contributed by atoms with E-state index in [0.29, 0.717) is 0 Å². The molecular formula is C54H32O2. The Morgan fingerprint density at radius 3 is 1.39 bits per heavy atom. The van der Waals surface area contributed by atoms with Gasteiger partial charge in [-0.1, -0.05) is 145 Å². The van der Waals surface area contributed by atoms with E-state index in [2.05, 4.69) is 0 Å². The van der Waals surface area contributed by atoms with Gasteiger partial charge in [-0.2, -0.15) is 0 Å². The van der Waals surface area contributed by atoms with Gasteiger partial charge in [-0.3, -0.25) is 0 Å². The molecule has 0 saturated carbocycles. The average molecular weight is 745 g/mol. The predicted octanol–water partition coefficient (Wildman–Crippen LogP) is 15.6. The van der Waals surface area contributed by atoms with Crippen molar-refractivity contribution in [2.75, 3.05) is 0 Å². The zero-order chi connectivity index (χ0) is 64.6. The van der Waals surface area contributed by atoms with Gasteiger partial charge in [0.05, 0.1) is 43.9 Å². The zero-order valence-corrected chi connectivity index (χ0v) is 27.8. The lowest BCUT2D eigenvalue weighted by atomic mass is 9.85. The number of fused-ring (bicyclic) bond motifs is 10. The van der Waals surface area contributed by atoms with Crippen LogP contribution >= 0.6 is 0 Å². The molecule has 56 heavy (non-hydrogen) atoms. The van der Waals surface area contributed by atoms with E-state index in [-0.39, 0.29) is 16.2 Å². The van der Waals surface area contributed by atoms with E-state index in [4.69, 9.17) is 32.1 Å². The molecule has 0 bridgehead atoms. The van der Waals surface area contributed by atoms with Crippen LogP contribution in [0.25, 0.3) is 121 Å². The van der Waals surface area contributed by atoms with Gasteiger partial charge in [-0.15, -0.1) is 0 Å². The Labute approximate surface area is 367 Å². The van der Waals surface area contributed by atoms with Gasteiger partial charge in [-0.05, 0) is 125 Å². The minimum absolute atomic E-state index is 0.228. The Morgan fingerprint density at radius 1 is 0.268 bits per heavy atom. The van der Waals surface area contributed by atoms with Crippen molar-refractivity contribution in [2.24, 2.45) is 0 Å². The van der Waals surface area contributed by atoms with Crippen LogP contribution in [0.3, 0.4) is 0 Å². The third kappa shape index (κ3) is 4.69. The normalized spacial score (nSPS) is 19.9. The molecule has 0 amide bonds. The first-order valence-electron chi connectivity index (χ1n) is 32.6. The molecule has 0 unspecified atom stereocenters. The van der Waals surface area contributed by atoms with E-state index in [0.717, 1.165) is 0 Å². The number of furan rings is 2. The number of hydrogen-bond donors (Lipinski definition) is 0. The molecule has 2 nitrogen and oxygen atoms in total. The fourth-order valence-electron chi connectivity index (χ4n) is 6.84. The molecule has 2 heteroatoms. The topological polar surface area (TPSA) is 26.3 Å². The summed E-state index contributed by atoms with van der Waals surface area (Å²) in [5.41, 5.74) is -8.64. The summed E-state index contributed by atoms with van der Waals surface area (Å²) in [4.78, 5) is 0. The summed E-state index contributed by atoms with van der Waals surface area (Å²) in [6, 6.07) is -30.5. The Bertz CT molecular complexity index is 5300. The molecule has 10 aromatic carbocycles. The molecule has 2 heterocycles. The predicted molar refractivity (Wildman–Crippen MR) is 235 cm³/mol. The zero-order valence-electron chi connectivity index (χ0n) is 59.8. The van der Waals surface area contributed by atoms with Crippen LogP contribution in [0.2, 0.25) is 0 Å². The highest BCUT2D eigenvalue weighted by atomic mass is 16.3. The minimum atomic E-state index is -1.13. The summed E-state index contributed by atoms with van der Waals surface area (Å²) in [6.07, 6.45) is 0. The second-order valence-electron chi connectivity index (χ2n) is 12.3. The highest BCUT2D eigenvalue weighted by molar-refractivity contribution is 6.26. The van der Waals surface area contributed by atoms with E-state index < -0.39 is 298 Å². The van der Waals surface area contributed by atoms with Gasteiger partial charge in [0.25, 0.3) is 0 Å². The maximum Gasteiger partial charge on any atom is 0.136 e. The molecular weight excluding hydrogens is 681 g/mol. The molecule has 0 saturated heterocycles. The fraction of sp³-hybridized carbons (Fsp3) is 0. The number of rotatable bonds is 4. The maximum atomic E-state index is 9.89. The van der Waals surface area contributed by atoms with Crippen LogP contribution in [0, 0.1) is 0 Å². The van der Waals surface area contributed by atoms with Crippen molar-refractivity contribution in [3.05, 3.63) is 193 Å². The van der Waals surface area contributed by atoms with Crippen molar-refractivity contribution in [3.8, 4) is 44.5 Å². The minimum Gasteiger partial charge on any atom is -0.456 e. The van der Waals surface area contributed by atoms with E-state index >= 15 is 0 Å². The molecule has 0 fully saturated rings. The molecule has 12 aromatic rings. The Hall–Kier alpha value is -7.42. The lowest BCUT2D eigenvalue weighted by Crippen LogP contribution is -1.91. The van der Waals surface area contributed by atoms with Crippen LogP contribution in [0.4, 0.5) is 0 Å². The summed E-state index contributed by atoms with van der Waals surface area (Å²) in [5.74, 6) is 0. The van der Waals surface area contributed by atoms with Gasteiger partial charge >= 0.3 is 0 Å². The molecule has 0 aliphatic heterocycles. The van der Waals surface area contributed by atoms with Crippen LogP contribution in [0.15, 0.2) is 202 Å². The standard InChI is InChI=1S/C54H32O2/c1-2-11-33(12-3-1)34-13-10-14-39(30-34)51-41-15-4-6-17-43(41)52(44-18-7-5-16-42(44)51)40-24-23-35-29-36(21-22-37(35)31-40)38-25-26-46-50(32-38)56-49-28-27-48-53(54(46)49)45-19-8-9-20-47(45)55-48/h1-32H/i1D,2D,3D,4D,5D,6D,7D,8D,9D,10D,11D,12D,13D,14D,15D,16D,17D,18D,19D,20D,21D,22D,23D,24D,25D,26D,27D,28D,29D,30D,31D,32D. The molecule has 0 N–H and O–H groups in total. The fourth-order valence-corrected chi connectivity index (χ4v) is 6.84. The van der Waals surface area contributed by atoms with Crippen LogP contribution in [0.5, 0.6) is 0 Å². The largest absolute Gasteiger partial charge is 0.456 e. The van der Waals surface area contributed by atoms with Crippen LogP contribution < -0.4 is 0 Å². The molecule has 0 radical (unpaired) electrons. The first-order valence-corrected chi connectivity index (χ1v) is 16.6. The van der Waals surface area contributed by atoms with E-state index in [9.17, 15) is 20.6 Å². The van der Waals surface area contributed by atoms with E-state index in [1.165, 1.54) is 0 Å². The lowest BCUT2D eigenvalue weighted by Gasteiger charge is -2.18. The molecule has 0 aliphatic carbocycles. The van der Waals surface area contributed by atoms with Gasteiger partial charge < -0.3 is 8.83 Å². The van der Waals surface area contributed by atoms with E-state index in [1.807, 2.05) is 0 Å². The Morgan fingerprint density at radius 2 is 0.714 bits per heavy atom. The highest BCUT2D eigenvalue weighted by Crippen LogP contribution is 2.45. The average Bonchev–Trinajstić information content (AvgIpc) is 1.03. The van der Waals surface area contributed by atoms with Crippen molar-refractivity contribution in [2.45, 2.75) is 0 Å². The van der Waals surface area contributed by atoms with Crippen molar-refractivity contribution in [1.29, 1.82) is 0 Å². The third-order valence-electron chi connectivity index (χ3n) is 9.21. The van der Waals surface area contributed by atoms with E-state index in [1.54, 1.807) is 0 Å². The molecule has 260 valence electrons. The van der Waals surface area contributed by atoms with Crippen molar-refractivity contribution >= 4 is 76.2 Å². The van der Waals surface area contributed by atoms with Gasteiger partial charge in [0.15, 0.2) is 0 Å². The first-order chi connectivity index (χ1) is 41.1. The SMILES string of the molecule is [2H]c1c([2H])c([2H])c(-c2c([2H])c([2H])c([2H])c(-c3c4c([2H])c([2H])c([2H])c([2H])c4c(-c4c([2H])c([2H])c5c([2H])c(-c6c([2H])c([2H])c7c(oc8c([2H])c([2H])c9oc%10c([2H])c([2H])c([2H])c([2H])c%10c9c87)c6[2H])c([2H])c([2H])c5c4[2H])c4c([2H])c([2H])c([2H])c([2H])c34)c2[2H])c([2H])c1[2H]. The van der Waals surface area contributed by atoms with Crippen molar-refractivity contribution in [3.63, 3.8) is 0 Å². The third-order valence-corrected chi connectivity index (χ3v) is 9.21. The number of para-hydroxylation sites is 1. The van der Waals surface area contributed by atoms with Crippen molar-refractivity contribution < 1.29 is 52.7 Å². The quantitative estimate of drug-likeness (QED) is 0.168. The Balaban J connectivity index is 1.22. The second kappa shape index (κ2) is 12.0. The monoisotopic (exact) mass is 744 g/mol. The molecule has 0 aliphatic rings. The van der Waals surface area contributed by atoms with Crippen LogP contribution in [-0.4, -0.2) is 0 Å². The second-order valence-corrected chi connectivity index (χ2v) is 12.3. The molecule has 12 rings (SSSR count). The maximum absolute atomic E-state index is 9.89. The van der Waals surface area contributed by atoms with Crippen LogP contribution in [0.1, 0.15) is 43.9 Å². The van der Waals surface area contributed by atoms with Crippen molar-refractivity contribution in [1.82, 2.24) is 0 Å². The highest BCUT2D eigenvalue weighted by Gasteiger charge is 2.19. The Kier molecular flexibility index (Phi) is 2.82. The molecule has 2 aromatic heterocycles. The summed E-state index contributed by atoms with van der Waals surface area (Å²) < 4.78 is 302. The first kappa shape index (κ1) is 13.1. The smallest absolute Gasteiger partial charge is 0.136 e. The van der Waals surface area contributed by atoms with Gasteiger partial charge in [0.2, 0.25) is 0 Å². The van der Waals surface area contributed by atoms with Gasteiger partial charge in [0.1, 0.15) is 22.3 Å². The summed E-state index contributed by atoms with van der Waals surface area (Å²) in [6.45, 7) is 0. The number of benzene rings is 10. The molecule has 0 atom stereocenters. The van der Waals surface area contributed by atoms with Gasteiger partial charge in [-0.25, -0.2) is 0 Å². The summed E-state index contributed by atoms with van der Waals surface area (Å²) in [5, 5.41) is -6.06.